The van der Waals surface area contributed by atoms with E-state index in [-0.39, 0.29) is 16.9 Å². The number of fused-ring (bicyclic) bond motifs is 2. The highest BCUT2D eigenvalue weighted by Gasteiger charge is 2.25. The van der Waals surface area contributed by atoms with Crippen molar-refractivity contribution in [3.63, 3.8) is 0 Å². The summed E-state index contributed by atoms with van der Waals surface area (Å²) in [4.78, 5) is 26.5. The van der Waals surface area contributed by atoms with E-state index >= 15 is 0 Å². The summed E-state index contributed by atoms with van der Waals surface area (Å²) in [7, 11) is 0. The van der Waals surface area contributed by atoms with Crippen molar-refractivity contribution in [2.24, 2.45) is 5.73 Å². The molecule has 0 fully saturated rings. The zero-order chi connectivity index (χ0) is 18.7. The number of nitrogen functional groups attached to an aromatic ring is 1. The van der Waals surface area contributed by atoms with Gasteiger partial charge in [0.05, 0.1) is 32.2 Å². The van der Waals surface area contributed by atoms with Crippen LogP contribution in [0.3, 0.4) is 0 Å². The Bertz CT molecular complexity index is 1280. The molecule has 3 heterocycles. The van der Waals surface area contributed by atoms with Gasteiger partial charge in [-0.2, -0.15) is 4.37 Å². The number of benzene rings is 1. The number of pyridine rings is 1. The van der Waals surface area contributed by atoms with Gasteiger partial charge in [0.1, 0.15) is 5.82 Å². The van der Waals surface area contributed by atoms with Gasteiger partial charge in [-0.05, 0) is 49.5 Å². The van der Waals surface area contributed by atoms with Gasteiger partial charge in [0.2, 0.25) is 0 Å². The van der Waals surface area contributed by atoms with Crippen molar-refractivity contribution in [3.05, 3.63) is 50.3 Å². The summed E-state index contributed by atoms with van der Waals surface area (Å²) in [5, 5.41) is 1.32. The van der Waals surface area contributed by atoms with E-state index in [1.54, 1.807) is 6.20 Å². The average molecular weight is 384 g/mol. The molecule has 4 aromatic rings. The van der Waals surface area contributed by atoms with E-state index in [4.69, 9.17) is 11.5 Å². The molecule has 0 bridgehead atoms. The van der Waals surface area contributed by atoms with E-state index in [9.17, 15) is 9.59 Å². The van der Waals surface area contributed by atoms with Crippen LogP contribution in [-0.2, 0) is 0 Å². The first-order valence-electron chi connectivity index (χ1n) is 7.91. The van der Waals surface area contributed by atoms with Gasteiger partial charge in [-0.25, -0.2) is 0 Å². The first kappa shape index (κ1) is 16.7. The van der Waals surface area contributed by atoms with Gasteiger partial charge < -0.3 is 11.5 Å². The minimum absolute atomic E-state index is 0.0676. The molecule has 0 spiro atoms. The van der Waals surface area contributed by atoms with E-state index in [0.717, 1.165) is 26.1 Å². The predicted molar refractivity (Wildman–Crippen MR) is 108 cm³/mol. The largest absolute Gasteiger partial charge is 0.384 e. The monoisotopic (exact) mass is 384 g/mol. The Hall–Kier alpha value is -2.71. The molecule has 6 nitrogen and oxygen atoms in total. The second-order valence-electron chi connectivity index (χ2n) is 6.22. The predicted octanol–water partition coefficient (Wildman–Crippen LogP) is 3.27. The lowest BCUT2D eigenvalue weighted by Gasteiger charge is -2.16. The van der Waals surface area contributed by atoms with Crippen LogP contribution in [0.1, 0.15) is 26.4 Å². The number of carbonyl (C=O) groups is 1. The number of aromatic nitrogens is 2. The Balaban J connectivity index is 2.29. The zero-order valence-electron chi connectivity index (χ0n) is 14.4. The van der Waals surface area contributed by atoms with E-state index in [0.29, 0.717) is 15.8 Å². The molecule has 0 radical (unpaired) electrons. The lowest BCUT2D eigenvalue weighted by atomic mass is 10.1. The number of thiophene rings is 1. The summed E-state index contributed by atoms with van der Waals surface area (Å²) >= 11 is 2.71. The average Bonchev–Trinajstić information content (AvgIpc) is 3.14. The number of nitrogens with two attached hydrogens (primary N) is 2. The van der Waals surface area contributed by atoms with E-state index in [1.165, 1.54) is 27.4 Å². The number of hydrogen-bond donors (Lipinski definition) is 2. The molecule has 0 unspecified atom stereocenters. The van der Waals surface area contributed by atoms with Gasteiger partial charge in [0.25, 0.3) is 11.5 Å². The third kappa shape index (κ3) is 2.12. The molecule has 8 heteroatoms. The summed E-state index contributed by atoms with van der Waals surface area (Å²) in [6, 6.07) is 3.88. The minimum atomic E-state index is -0.643. The number of hydrogen-bond acceptors (Lipinski definition) is 6. The minimum Gasteiger partial charge on any atom is -0.384 e. The van der Waals surface area contributed by atoms with Crippen LogP contribution >= 0.6 is 22.9 Å². The molecular formula is C18H16N4O2S2. The second kappa shape index (κ2) is 5.65. The number of carbonyl (C=O) groups excluding carboxylic acids is 1. The maximum absolute atomic E-state index is 13.4. The fourth-order valence-corrected chi connectivity index (χ4v) is 5.16. The first-order valence-corrected chi connectivity index (χ1v) is 9.50. The second-order valence-corrected chi connectivity index (χ2v) is 8.28. The highest BCUT2D eigenvalue weighted by Crippen LogP contribution is 2.36. The maximum atomic E-state index is 13.4. The third-order valence-electron chi connectivity index (χ3n) is 4.71. The third-order valence-corrected chi connectivity index (χ3v) is 6.70. The number of aryl methyl sites for hydroxylation is 3. The Labute approximate surface area is 156 Å². The van der Waals surface area contributed by atoms with E-state index in [2.05, 4.69) is 4.37 Å². The summed E-state index contributed by atoms with van der Waals surface area (Å²) in [6.45, 7) is 5.69. The van der Waals surface area contributed by atoms with Gasteiger partial charge in [0.15, 0.2) is 0 Å². The van der Waals surface area contributed by atoms with Gasteiger partial charge in [-0.3, -0.25) is 14.2 Å². The molecular weight excluding hydrogens is 368 g/mol. The molecule has 0 aliphatic carbocycles. The molecule has 132 valence electrons. The molecule has 0 saturated carbocycles. The standard InChI is InChI=1S/C18H16N4O2S2/c1-7-4-5-11-10(6-21-26-11)14(7)22-16(19)13(17(20)23)15-12(18(22)24)8(2)9(3)25-15/h4-6H,19H2,1-3H3,(H2,20,23). The topological polar surface area (TPSA) is 104 Å². The van der Waals surface area contributed by atoms with E-state index in [1.807, 2.05) is 32.9 Å². The van der Waals surface area contributed by atoms with Gasteiger partial charge >= 0.3 is 0 Å². The molecule has 3 aromatic heterocycles. The van der Waals surface area contributed by atoms with Crippen molar-refractivity contribution in [2.45, 2.75) is 20.8 Å². The van der Waals surface area contributed by atoms with Crippen molar-refractivity contribution in [1.82, 2.24) is 8.94 Å². The van der Waals surface area contributed by atoms with Crippen molar-refractivity contribution in [2.75, 3.05) is 5.73 Å². The molecule has 0 aliphatic rings. The number of rotatable bonds is 2. The van der Waals surface area contributed by atoms with Crippen LogP contribution in [0, 0.1) is 20.8 Å². The number of nitrogens with zero attached hydrogens (tertiary/aromatic N) is 2. The van der Waals surface area contributed by atoms with Crippen LogP contribution < -0.4 is 17.0 Å². The normalized spacial score (nSPS) is 11.5. The molecule has 0 atom stereocenters. The van der Waals surface area contributed by atoms with Gasteiger partial charge in [-0.15, -0.1) is 11.3 Å². The molecule has 26 heavy (non-hydrogen) atoms. The summed E-state index contributed by atoms with van der Waals surface area (Å²) in [6.07, 6.45) is 1.72. The number of primary amides is 1. The van der Waals surface area contributed by atoms with Crippen molar-refractivity contribution < 1.29 is 4.79 Å². The smallest absolute Gasteiger partial charge is 0.265 e. The Kier molecular flexibility index (Phi) is 3.64. The first-order chi connectivity index (χ1) is 12.3. The van der Waals surface area contributed by atoms with Crippen molar-refractivity contribution >= 4 is 54.8 Å². The lowest BCUT2D eigenvalue weighted by molar-refractivity contribution is 0.100. The van der Waals surface area contributed by atoms with Crippen LogP contribution in [0.5, 0.6) is 0 Å². The van der Waals surface area contributed by atoms with Crippen LogP contribution in [-0.4, -0.2) is 14.8 Å². The maximum Gasteiger partial charge on any atom is 0.265 e. The Morgan fingerprint density at radius 3 is 2.65 bits per heavy atom. The lowest BCUT2D eigenvalue weighted by Crippen LogP contribution is -2.27. The number of amides is 1. The summed E-state index contributed by atoms with van der Waals surface area (Å²) < 4.78 is 7.13. The molecule has 1 aromatic carbocycles. The fraction of sp³-hybridized carbons (Fsp3) is 0.167. The molecule has 1 amide bonds. The van der Waals surface area contributed by atoms with Gasteiger partial charge in [-0.1, -0.05) is 6.07 Å². The Morgan fingerprint density at radius 2 is 1.96 bits per heavy atom. The molecule has 4 N–H and O–H groups in total. The van der Waals surface area contributed by atoms with Crippen LogP contribution in [0.15, 0.2) is 23.1 Å². The molecule has 4 rings (SSSR count). The van der Waals surface area contributed by atoms with Crippen LogP contribution in [0.4, 0.5) is 5.82 Å². The highest BCUT2D eigenvalue weighted by molar-refractivity contribution is 7.19. The molecule has 0 aliphatic heterocycles. The van der Waals surface area contributed by atoms with Crippen molar-refractivity contribution in [3.8, 4) is 5.69 Å². The Morgan fingerprint density at radius 1 is 1.23 bits per heavy atom. The summed E-state index contributed by atoms with van der Waals surface area (Å²) in [5.74, 6) is -0.575. The SMILES string of the molecule is Cc1ccc2sncc2c1-n1c(N)c(C(N)=O)c2sc(C)c(C)c2c1=O. The molecule has 0 saturated heterocycles. The van der Waals surface area contributed by atoms with E-state index < -0.39 is 5.91 Å². The number of anilines is 1. The fourth-order valence-electron chi connectivity index (χ4n) is 3.31. The van der Waals surface area contributed by atoms with Crippen LogP contribution in [0.25, 0.3) is 25.9 Å². The highest BCUT2D eigenvalue weighted by atomic mass is 32.1. The van der Waals surface area contributed by atoms with Crippen molar-refractivity contribution in [1.29, 1.82) is 0 Å². The van der Waals surface area contributed by atoms with Gasteiger partial charge in [0, 0.05) is 10.3 Å². The van der Waals surface area contributed by atoms with Crippen LogP contribution in [0.2, 0.25) is 0 Å². The quantitative estimate of drug-likeness (QED) is 0.553. The zero-order valence-corrected chi connectivity index (χ0v) is 16.0. The summed E-state index contributed by atoms with van der Waals surface area (Å²) in [5.41, 5.74) is 14.3.